The number of thiophene rings is 1. The molecular weight excluding hydrogens is 296 g/mol. The van der Waals surface area contributed by atoms with Gasteiger partial charge >= 0.3 is 0 Å². The Kier molecular flexibility index (Phi) is 4.89. The fourth-order valence-electron chi connectivity index (χ4n) is 2.49. The van der Waals surface area contributed by atoms with E-state index in [0.29, 0.717) is 0 Å². The molecule has 0 amide bonds. The average molecular weight is 316 g/mol. The highest BCUT2D eigenvalue weighted by Gasteiger charge is 1.94. The summed E-state index contributed by atoms with van der Waals surface area (Å²) < 4.78 is 1.39. The van der Waals surface area contributed by atoms with Gasteiger partial charge in [0, 0.05) is 9.58 Å². The molecule has 0 fully saturated rings. The third-order valence-corrected chi connectivity index (χ3v) is 4.74. The topological polar surface area (TPSA) is 0 Å². The van der Waals surface area contributed by atoms with Gasteiger partial charge in [-0.05, 0) is 42.5 Å². The van der Waals surface area contributed by atoms with Gasteiger partial charge in [0.05, 0.1) is 0 Å². The lowest BCUT2D eigenvalue weighted by Gasteiger charge is -2.00. The first-order valence-electron chi connectivity index (χ1n) is 7.79. The summed E-state index contributed by atoms with van der Waals surface area (Å²) in [6, 6.07) is 29.7. The molecule has 1 heterocycles. The molecule has 114 valence electrons. The summed E-state index contributed by atoms with van der Waals surface area (Å²) >= 11 is 1.85. The molecule has 0 aliphatic carbocycles. The predicted octanol–water partition coefficient (Wildman–Crippen LogP) is 6.87. The smallest absolute Gasteiger partial charge is 0.0345 e. The maximum atomic E-state index is 2.22. The van der Waals surface area contributed by atoms with Crippen LogP contribution in [-0.2, 0) is 0 Å². The van der Waals surface area contributed by atoms with Crippen LogP contribution in [0, 0.1) is 13.8 Å². The molecule has 23 heavy (non-hydrogen) atoms. The molecule has 0 N–H and O–H groups in total. The van der Waals surface area contributed by atoms with Crippen LogP contribution < -0.4 is 0 Å². The molecule has 4 rings (SSSR count). The third kappa shape index (κ3) is 4.08. The Balaban J connectivity index is 0.000000140. The Morgan fingerprint density at radius 2 is 1.22 bits per heavy atom. The van der Waals surface area contributed by atoms with Crippen molar-refractivity contribution in [2.24, 2.45) is 0 Å². The molecule has 0 unspecified atom stereocenters. The summed E-state index contributed by atoms with van der Waals surface area (Å²) in [7, 11) is 0. The van der Waals surface area contributed by atoms with Gasteiger partial charge in [-0.15, -0.1) is 11.3 Å². The highest BCUT2D eigenvalue weighted by atomic mass is 32.1. The van der Waals surface area contributed by atoms with Crippen LogP contribution in [0.15, 0.2) is 84.9 Å². The third-order valence-electron chi connectivity index (χ3n) is 3.71. The second-order valence-electron chi connectivity index (χ2n) is 5.63. The molecule has 0 nitrogen and oxygen atoms in total. The lowest BCUT2D eigenvalue weighted by atomic mass is 10.0. The fourth-order valence-corrected chi connectivity index (χ4v) is 3.42. The van der Waals surface area contributed by atoms with Crippen molar-refractivity contribution in [2.45, 2.75) is 13.8 Å². The van der Waals surface area contributed by atoms with Crippen LogP contribution in [0.4, 0.5) is 0 Å². The van der Waals surface area contributed by atoms with E-state index in [-0.39, 0.29) is 0 Å². The highest BCUT2D eigenvalue weighted by Crippen LogP contribution is 2.23. The zero-order chi connectivity index (χ0) is 16.1. The molecule has 0 bridgehead atoms. The average Bonchev–Trinajstić information content (AvgIpc) is 2.97. The normalized spacial score (nSPS) is 10.2. The first kappa shape index (κ1) is 15.5. The van der Waals surface area contributed by atoms with Crippen molar-refractivity contribution in [1.82, 2.24) is 0 Å². The van der Waals surface area contributed by atoms with Crippen molar-refractivity contribution < 1.29 is 0 Å². The summed E-state index contributed by atoms with van der Waals surface area (Å²) in [5.74, 6) is 0. The molecule has 1 aromatic heterocycles. The van der Waals surface area contributed by atoms with Gasteiger partial charge in [0.25, 0.3) is 0 Å². The summed E-state index contributed by atoms with van der Waals surface area (Å²) in [5, 5.41) is 1.37. The zero-order valence-corrected chi connectivity index (χ0v) is 14.3. The maximum Gasteiger partial charge on any atom is 0.0345 e. The van der Waals surface area contributed by atoms with Crippen LogP contribution in [0.1, 0.15) is 10.4 Å². The van der Waals surface area contributed by atoms with E-state index in [2.05, 4.69) is 92.7 Å². The van der Waals surface area contributed by atoms with Crippen molar-refractivity contribution in [3.63, 3.8) is 0 Å². The quantitative estimate of drug-likeness (QED) is 0.359. The van der Waals surface area contributed by atoms with Gasteiger partial charge in [-0.3, -0.25) is 0 Å². The van der Waals surface area contributed by atoms with E-state index in [9.17, 15) is 0 Å². The largest absolute Gasteiger partial charge is 0.141 e. The second-order valence-corrected chi connectivity index (χ2v) is 6.91. The van der Waals surface area contributed by atoms with Gasteiger partial charge in [0.1, 0.15) is 0 Å². The Morgan fingerprint density at radius 1 is 0.609 bits per heavy atom. The number of rotatable bonds is 1. The van der Waals surface area contributed by atoms with Gasteiger partial charge < -0.3 is 0 Å². The van der Waals surface area contributed by atoms with E-state index >= 15 is 0 Å². The van der Waals surface area contributed by atoms with Gasteiger partial charge in [-0.2, -0.15) is 0 Å². The van der Waals surface area contributed by atoms with Crippen molar-refractivity contribution >= 4 is 21.4 Å². The van der Waals surface area contributed by atoms with Crippen LogP contribution in [0.3, 0.4) is 0 Å². The van der Waals surface area contributed by atoms with E-state index in [4.69, 9.17) is 0 Å². The first-order valence-corrected chi connectivity index (χ1v) is 8.61. The van der Waals surface area contributed by atoms with E-state index < -0.39 is 0 Å². The first-order chi connectivity index (χ1) is 11.2. The molecule has 0 radical (unpaired) electrons. The molecule has 1 heteroatoms. The predicted molar refractivity (Wildman–Crippen MR) is 103 cm³/mol. The van der Waals surface area contributed by atoms with Crippen LogP contribution in [-0.4, -0.2) is 0 Å². The van der Waals surface area contributed by atoms with E-state index in [1.807, 2.05) is 17.4 Å². The van der Waals surface area contributed by atoms with Gasteiger partial charge in [0.15, 0.2) is 0 Å². The number of benzene rings is 3. The van der Waals surface area contributed by atoms with Crippen molar-refractivity contribution in [3.05, 3.63) is 95.4 Å². The Bertz CT molecular complexity index is 838. The fraction of sp³-hybridized carbons (Fsp3) is 0.0909. The molecule has 0 saturated heterocycles. The molecule has 0 saturated carbocycles. The van der Waals surface area contributed by atoms with Crippen molar-refractivity contribution in [3.8, 4) is 11.1 Å². The highest BCUT2D eigenvalue weighted by molar-refractivity contribution is 7.19. The standard InChI is InChI=1S/C13H12.C9H8S/c1-11-7-9-13(10-8-11)12-5-3-2-4-6-12;1-7-6-8-4-2-3-5-9(8)10-7/h2-10H,1H3;2-6H,1H3. The zero-order valence-electron chi connectivity index (χ0n) is 13.5. The minimum absolute atomic E-state index is 1.28. The summed E-state index contributed by atoms with van der Waals surface area (Å²) in [6.07, 6.45) is 0. The lowest BCUT2D eigenvalue weighted by molar-refractivity contribution is 1.47. The number of fused-ring (bicyclic) bond motifs is 1. The monoisotopic (exact) mass is 316 g/mol. The Morgan fingerprint density at radius 3 is 1.91 bits per heavy atom. The Hall–Kier alpha value is -2.38. The Labute approximate surface area is 142 Å². The number of hydrogen-bond donors (Lipinski definition) is 0. The molecule has 0 aliphatic heterocycles. The van der Waals surface area contributed by atoms with E-state index in [0.717, 1.165) is 0 Å². The maximum absolute atomic E-state index is 2.22. The second kappa shape index (κ2) is 7.26. The minimum Gasteiger partial charge on any atom is -0.141 e. The van der Waals surface area contributed by atoms with Gasteiger partial charge in [0.2, 0.25) is 0 Å². The van der Waals surface area contributed by atoms with Crippen LogP contribution >= 0.6 is 11.3 Å². The van der Waals surface area contributed by atoms with Crippen LogP contribution in [0.25, 0.3) is 21.2 Å². The van der Waals surface area contributed by atoms with Crippen LogP contribution in [0.2, 0.25) is 0 Å². The molecule has 0 spiro atoms. The van der Waals surface area contributed by atoms with Gasteiger partial charge in [-0.25, -0.2) is 0 Å². The molecule has 0 aliphatic rings. The molecule has 4 aromatic rings. The van der Waals surface area contributed by atoms with E-state index in [1.165, 1.54) is 31.7 Å². The van der Waals surface area contributed by atoms with Crippen molar-refractivity contribution in [1.29, 1.82) is 0 Å². The molecular formula is C22H20S. The number of hydrogen-bond acceptors (Lipinski definition) is 1. The number of aryl methyl sites for hydroxylation is 2. The van der Waals surface area contributed by atoms with Gasteiger partial charge in [-0.1, -0.05) is 78.4 Å². The molecule has 0 atom stereocenters. The van der Waals surface area contributed by atoms with Crippen LogP contribution in [0.5, 0.6) is 0 Å². The SMILES string of the molecule is Cc1cc2ccccc2s1.Cc1ccc(-c2ccccc2)cc1. The van der Waals surface area contributed by atoms with E-state index in [1.54, 1.807) is 0 Å². The molecule has 3 aromatic carbocycles. The van der Waals surface area contributed by atoms with Crippen molar-refractivity contribution in [2.75, 3.05) is 0 Å². The summed E-state index contributed by atoms with van der Waals surface area (Å²) in [4.78, 5) is 1.39. The summed E-state index contributed by atoms with van der Waals surface area (Å²) in [6.45, 7) is 4.25. The summed E-state index contributed by atoms with van der Waals surface area (Å²) in [5.41, 5.74) is 3.87. The lowest BCUT2D eigenvalue weighted by Crippen LogP contribution is -1.76. The minimum atomic E-state index is 1.28.